The molecule has 0 heterocycles. The van der Waals surface area contributed by atoms with Gasteiger partial charge in [-0.05, 0) is 25.3 Å². The van der Waals surface area contributed by atoms with E-state index in [-0.39, 0.29) is 17.9 Å². The number of hydrogen-bond donors (Lipinski definition) is 1. The first-order valence-corrected chi connectivity index (χ1v) is 8.02. The second kappa shape index (κ2) is 8.83. The van der Waals surface area contributed by atoms with E-state index in [0.29, 0.717) is 0 Å². The third kappa shape index (κ3) is 4.85. The van der Waals surface area contributed by atoms with Gasteiger partial charge >= 0.3 is 0 Å². The van der Waals surface area contributed by atoms with Crippen molar-refractivity contribution < 1.29 is 9.90 Å². The molecule has 1 rings (SSSR count). The van der Waals surface area contributed by atoms with Crippen LogP contribution in [0.4, 0.5) is 0 Å². The van der Waals surface area contributed by atoms with Crippen molar-refractivity contribution in [2.24, 2.45) is 5.92 Å². The Morgan fingerprint density at radius 3 is 2.38 bits per heavy atom. The molecule has 0 aliphatic carbocycles. The Hall–Kier alpha value is -1.35. The molecule has 21 heavy (non-hydrogen) atoms. The average Bonchev–Trinajstić information content (AvgIpc) is 2.54. The highest BCUT2D eigenvalue weighted by atomic mass is 16.3. The molecular formula is C18H29NO2. The molecule has 0 aliphatic rings. The van der Waals surface area contributed by atoms with E-state index >= 15 is 0 Å². The molecule has 0 saturated heterocycles. The Balaban J connectivity index is 2.71. The lowest BCUT2D eigenvalue weighted by Crippen LogP contribution is -2.42. The van der Waals surface area contributed by atoms with Gasteiger partial charge in [-0.3, -0.25) is 4.79 Å². The maximum absolute atomic E-state index is 12.6. The van der Waals surface area contributed by atoms with E-state index in [1.807, 2.05) is 37.3 Å². The molecule has 0 saturated carbocycles. The second-order valence-corrected chi connectivity index (χ2v) is 5.79. The van der Waals surface area contributed by atoms with Crippen LogP contribution in [0.1, 0.15) is 58.1 Å². The molecule has 3 atom stereocenters. The molecule has 0 spiro atoms. The monoisotopic (exact) mass is 291 g/mol. The second-order valence-electron chi connectivity index (χ2n) is 5.79. The van der Waals surface area contributed by atoms with E-state index in [1.165, 1.54) is 0 Å². The molecule has 1 aromatic carbocycles. The summed E-state index contributed by atoms with van der Waals surface area (Å²) in [5, 5.41) is 10.4. The lowest BCUT2D eigenvalue weighted by molar-refractivity contribution is -0.138. The van der Waals surface area contributed by atoms with Gasteiger partial charge in [0.05, 0.1) is 12.1 Å². The van der Waals surface area contributed by atoms with Gasteiger partial charge < -0.3 is 10.0 Å². The topological polar surface area (TPSA) is 40.5 Å². The van der Waals surface area contributed by atoms with E-state index in [0.717, 1.165) is 31.2 Å². The molecule has 1 aromatic rings. The van der Waals surface area contributed by atoms with Crippen LogP contribution >= 0.6 is 0 Å². The predicted molar refractivity (Wildman–Crippen MR) is 86.9 cm³/mol. The summed E-state index contributed by atoms with van der Waals surface area (Å²) in [5.74, 6) is 0.216. The first-order chi connectivity index (χ1) is 10.0. The van der Waals surface area contributed by atoms with E-state index in [2.05, 4.69) is 13.8 Å². The summed E-state index contributed by atoms with van der Waals surface area (Å²) in [5.41, 5.74) is 0.853. The van der Waals surface area contributed by atoms with Crippen molar-refractivity contribution in [1.29, 1.82) is 0 Å². The van der Waals surface area contributed by atoms with Crippen molar-refractivity contribution in [3.05, 3.63) is 35.9 Å². The van der Waals surface area contributed by atoms with E-state index in [9.17, 15) is 9.90 Å². The standard InChI is InChI=1S/C18H29NO2/c1-5-7-11-15(6-2)18(21)19(4)14(3)17(20)16-12-9-8-10-13-16/h8-10,12-15,17,20H,5-7,11H2,1-4H3/t14-,15+,17+/m1/s1. The molecule has 1 amide bonds. The zero-order valence-electron chi connectivity index (χ0n) is 13.7. The first kappa shape index (κ1) is 17.7. The quantitative estimate of drug-likeness (QED) is 0.791. The van der Waals surface area contributed by atoms with Crippen LogP contribution in [0.2, 0.25) is 0 Å². The minimum atomic E-state index is -0.649. The predicted octanol–water partition coefficient (Wildman–Crippen LogP) is 3.78. The smallest absolute Gasteiger partial charge is 0.225 e. The van der Waals surface area contributed by atoms with Gasteiger partial charge in [-0.25, -0.2) is 0 Å². The summed E-state index contributed by atoms with van der Waals surface area (Å²) in [6, 6.07) is 9.30. The highest BCUT2D eigenvalue weighted by Gasteiger charge is 2.27. The molecular weight excluding hydrogens is 262 g/mol. The molecule has 1 N–H and O–H groups in total. The Labute approximate surface area is 129 Å². The number of unbranched alkanes of at least 4 members (excludes halogenated alkanes) is 1. The molecule has 118 valence electrons. The van der Waals surface area contributed by atoms with Crippen molar-refractivity contribution in [3.63, 3.8) is 0 Å². The summed E-state index contributed by atoms with van der Waals surface area (Å²) >= 11 is 0. The van der Waals surface area contributed by atoms with Crippen LogP contribution in [-0.2, 0) is 4.79 Å². The van der Waals surface area contributed by atoms with Crippen molar-refractivity contribution in [2.75, 3.05) is 7.05 Å². The SMILES string of the molecule is CCCC[C@H](CC)C(=O)N(C)[C@H](C)[C@H](O)c1ccccc1. The number of aliphatic hydroxyl groups excluding tert-OH is 1. The molecule has 0 bridgehead atoms. The van der Waals surface area contributed by atoms with Crippen LogP contribution < -0.4 is 0 Å². The number of hydrogen-bond acceptors (Lipinski definition) is 2. The minimum Gasteiger partial charge on any atom is -0.386 e. The van der Waals surface area contributed by atoms with Gasteiger partial charge in [0.25, 0.3) is 0 Å². The minimum absolute atomic E-state index is 0.0698. The third-order valence-corrected chi connectivity index (χ3v) is 4.30. The molecule has 0 aromatic heterocycles. The molecule has 0 radical (unpaired) electrons. The number of benzene rings is 1. The van der Waals surface area contributed by atoms with Crippen molar-refractivity contribution in [2.45, 2.75) is 58.6 Å². The Bertz CT molecular complexity index is 418. The fourth-order valence-corrected chi connectivity index (χ4v) is 2.58. The van der Waals surface area contributed by atoms with Gasteiger partial charge in [-0.1, -0.05) is 57.0 Å². The Morgan fingerprint density at radius 1 is 1.24 bits per heavy atom. The number of likely N-dealkylation sites (N-methyl/N-ethyl adjacent to an activating group) is 1. The highest BCUT2D eigenvalue weighted by molar-refractivity contribution is 5.78. The van der Waals surface area contributed by atoms with E-state index < -0.39 is 6.10 Å². The van der Waals surface area contributed by atoms with E-state index in [4.69, 9.17) is 0 Å². The summed E-state index contributed by atoms with van der Waals surface area (Å²) in [6.45, 7) is 6.11. The lowest BCUT2D eigenvalue weighted by atomic mass is 9.96. The summed E-state index contributed by atoms with van der Waals surface area (Å²) in [6.07, 6.45) is 3.33. The van der Waals surface area contributed by atoms with Crippen molar-refractivity contribution in [1.82, 2.24) is 4.90 Å². The van der Waals surface area contributed by atoms with Crippen LogP contribution in [0.3, 0.4) is 0 Å². The normalized spacial score (nSPS) is 15.3. The number of carbonyl (C=O) groups is 1. The lowest BCUT2D eigenvalue weighted by Gasteiger charge is -2.32. The largest absolute Gasteiger partial charge is 0.386 e. The summed E-state index contributed by atoms with van der Waals surface area (Å²) in [4.78, 5) is 14.3. The summed E-state index contributed by atoms with van der Waals surface area (Å²) < 4.78 is 0. The number of nitrogens with zero attached hydrogens (tertiary/aromatic N) is 1. The van der Waals surface area contributed by atoms with Gasteiger partial charge in [0, 0.05) is 13.0 Å². The van der Waals surface area contributed by atoms with Crippen LogP contribution in [-0.4, -0.2) is 29.0 Å². The maximum atomic E-state index is 12.6. The number of aliphatic hydroxyl groups is 1. The highest BCUT2D eigenvalue weighted by Crippen LogP contribution is 2.23. The fraction of sp³-hybridized carbons (Fsp3) is 0.611. The molecule has 0 fully saturated rings. The first-order valence-electron chi connectivity index (χ1n) is 8.02. The van der Waals surface area contributed by atoms with Gasteiger partial charge in [-0.15, -0.1) is 0 Å². The van der Waals surface area contributed by atoms with Gasteiger partial charge in [0.1, 0.15) is 0 Å². The van der Waals surface area contributed by atoms with Crippen LogP contribution in [0.15, 0.2) is 30.3 Å². The summed E-state index contributed by atoms with van der Waals surface area (Å²) in [7, 11) is 1.80. The van der Waals surface area contributed by atoms with Crippen LogP contribution in [0.5, 0.6) is 0 Å². The van der Waals surface area contributed by atoms with Crippen molar-refractivity contribution >= 4 is 5.91 Å². The maximum Gasteiger partial charge on any atom is 0.225 e. The van der Waals surface area contributed by atoms with Crippen molar-refractivity contribution in [3.8, 4) is 0 Å². The molecule has 0 aliphatic heterocycles. The third-order valence-electron chi connectivity index (χ3n) is 4.30. The number of rotatable bonds is 8. The average molecular weight is 291 g/mol. The molecule has 3 nitrogen and oxygen atoms in total. The Kier molecular flexibility index (Phi) is 7.44. The van der Waals surface area contributed by atoms with Gasteiger partial charge in [0.15, 0.2) is 0 Å². The molecule has 0 unspecified atom stereocenters. The number of amides is 1. The van der Waals surface area contributed by atoms with Gasteiger partial charge in [0.2, 0.25) is 5.91 Å². The van der Waals surface area contributed by atoms with Crippen LogP contribution in [0.25, 0.3) is 0 Å². The van der Waals surface area contributed by atoms with Crippen LogP contribution in [0, 0.1) is 5.92 Å². The zero-order chi connectivity index (χ0) is 15.8. The fourth-order valence-electron chi connectivity index (χ4n) is 2.58. The Morgan fingerprint density at radius 2 is 1.86 bits per heavy atom. The van der Waals surface area contributed by atoms with Gasteiger partial charge in [-0.2, -0.15) is 0 Å². The van der Waals surface area contributed by atoms with E-state index in [1.54, 1.807) is 11.9 Å². The number of carbonyl (C=O) groups excluding carboxylic acids is 1. The zero-order valence-corrected chi connectivity index (χ0v) is 13.7. The molecule has 3 heteroatoms.